The number of thioether (sulfide) groups is 3. The molecule has 2 atom stereocenters. The molecule has 5 nitrogen and oxygen atoms in total. The monoisotopic (exact) mass is 520 g/mol. The van der Waals surface area contributed by atoms with Crippen LogP contribution in [0.3, 0.4) is 0 Å². The van der Waals surface area contributed by atoms with Crippen molar-refractivity contribution >= 4 is 47.3 Å². The molecule has 2 amide bonds. The molecule has 0 aromatic heterocycles. The van der Waals surface area contributed by atoms with Gasteiger partial charge in [0.05, 0.1) is 12.5 Å². The van der Waals surface area contributed by atoms with Crippen LogP contribution in [0.4, 0.5) is 4.79 Å². The maximum atomic E-state index is 12.9. The smallest absolute Gasteiger partial charge is 0.315 e. The molecule has 186 valence electrons. The van der Waals surface area contributed by atoms with Gasteiger partial charge in [0, 0.05) is 27.3 Å². The molecule has 0 saturated carbocycles. The second-order valence-electron chi connectivity index (χ2n) is 8.83. The molecule has 0 unspecified atom stereocenters. The zero-order valence-corrected chi connectivity index (χ0v) is 22.9. The van der Waals surface area contributed by atoms with Gasteiger partial charge >= 0.3 is 12.0 Å². The molecule has 0 heterocycles. The van der Waals surface area contributed by atoms with Gasteiger partial charge in [-0.25, -0.2) is 4.79 Å². The summed E-state index contributed by atoms with van der Waals surface area (Å²) in [6, 6.07) is 19.6. The van der Waals surface area contributed by atoms with E-state index in [-0.39, 0.29) is 30.5 Å². The van der Waals surface area contributed by atoms with Crippen LogP contribution in [0.25, 0.3) is 0 Å². The van der Waals surface area contributed by atoms with Gasteiger partial charge in [-0.3, -0.25) is 4.79 Å². The van der Waals surface area contributed by atoms with Crippen LogP contribution in [-0.2, 0) is 9.53 Å². The number of esters is 1. The molecule has 0 fully saturated rings. The fraction of sp³-hybridized carbons (Fsp3) is 0.462. The van der Waals surface area contributed by atoms with E-state index in [1.54, 1.807) is 35.3 Å². The number of benzene rings is 2. The Kier molecular flexibility index (Phi) is 12.8. The second-order valence-corrected chi connectivity index (χ2v) is 12.0. The minimum atomic E-state index is -0.561. The third-order valence-electron chi connectivity index (χ3n) is 4.56. The predicted octanol–water partition coefficient (Wildman–Crippen LogP) is 6.09. The highest BCUT2D eigenvalue weighted by Gasteiger charge is 2.23. The fourth-order valence-electron chi connectivity index (χ4n) is 3.03. The fourth-order valence-corrected chi connectivity index (χ4v) is 5.49. The van der Waals surface area contributed by atoms with Crippen molar-refractivity contribution < 1.29 is 14.3 Å². The van der Waals surface area contributed by atoms with Crippen LogP contribution in [-0.4, -0.2) is 53.2 Å². The quantitative estimate of drug-likeness (QED) is 0.246. The Bertz CT molecular complexity index is 861. The summed E-state index contributed by atoms with van der Waals surface area (Å²) in [5.41, 5.74) is -0.561. The third kappa shape index (κ3) is 12.6. The molecule has 0 radical (unpaired) electrons. The Labute approximate surface area is 217 Å². The predicted molar refractivity (Wildman–Crippen MR) is 147 cm³/mol. The Balaban J connectivity index is 1.97. The number of amides is 2. The average Bonchev–Trinajstić information content (AvgIpc) is 2.79. The number of carbonyl (C=O) groups is 2. The van der Waals surface area contributed by atoms with Gasteiger partial charge in [0.2, 0.25) is 0 Å². The van der Waals surface area contributed by atoms with Gasteiger partial charge in [0.25, 0.3) is 0 Å². The summed E-state index contributed by atoms with van der Waals surface area (Å²) in [6.07, 6.45) is 3.07. The Morgan fingerprint density at radius 1 is 0.853 bits per heavy atom. The Hall–Kier alpha value is -1.77. The number of carbonyl (C=O) groups excluding carboxylic acids is 2. The van der Waals surface area contributed by atoms with Gasteiger partial charge in [0.1, 0.15) is 5.60 Å². The van der Waals surface area contributed by atoms with Crippen molar-refractivity contribution in [3.63, 3.8) is 0 Å². The van der Waals surface area contributed by atoms with E-state index in [4.69, 9.17) is 4.74 Å². The molecule has 2 aromatic carbocycles. The molecule has 0 spiro atoms. The van der Waals surface area contributed by atoms with Crippen molar-refractivity contribution in [2.75, 3.05) is 23.5 Å². The first kappa shape index (κ1) is 28.5. The lowest BCUT2D eigenvalue weighted by Crippen LogP contribution is -2.49. The van der Waals surface area contributed by atoms with E-state index < -0.39 is 5.60 Å². The van der Waals surface area contributed by atoms with E-state index in [0.29, 0.717) is 5.75 Å². The highest BCUT2D eigenvalue weighted by molar-refractivity contribution is 7.99. The molecule has 2 N–H and O–H groups in total. The molecule has 0 aliphatic rings. The number of rotatable bonds is 13. The van der Waals surface area contributed by atoms with Crippen LogP contribution >= 0.6 is 35.3 Å². The van der Waals surface area contributed by atoms with Gasteiger partial charge < -0.3 is 15.4 Å². The number of hydrogen-bond acceptors (Lipinski definition) is 6. The summed E-state index contributed by atoms with van der Waals surface area (Å²) in [5.74, 6) is 2.01. The normalized spacial score (nSPS) is 13.1. The van der Waals surface area contributed by atoms with Crippen molar-refractivity contribution in [1.29, 1.82) is 0 Å². The maximum absolute atomic E-state index is 12.9. The largest absolute Gasteiger partial charge is 0.460 e. The molecule has 0 saturated heterocycles. The molecule has 0 aliphatic carbocycles. The molecular formula is C26H36N2O3S3. The summed E-state index contributed by atoms with van der Waals surface area (Å²) in [5, 5.41) is 6.15. The molecular weight excluding hydrogens is 484 g/mol. The molecule has 34 heavy (non-hydrogen) atoms. The maximum Gasteiger partial charge on any atom is 0.315 e. The number of nitrogens with one attached hydrogen (secondary N) is 2. The summed E-state index contributed by atoms with van der Waals surface area (Å²) in [6.45, 7) is 5.54. The van der Waals surface area contributed by atoms with Crippen molar-refractivity contribution in [1.82, 2.24) is 10.6 Å². The van der Waals surface area contributed by atoms with Crippen LogP contribution in [0.5, 0.6) is 0 Å². The van der Waals surface area contributed by atoms with Crippen molar-refractivity contribution in [3.05, 3.63) is 60.7 Å². The lowest BCUT2D eigenvalue weighted by atomic mass is 10.2. The highest BCUT2D eigenvalue weighted by atomic mass is 32.2. The summed E-state index contributed by atoms with van der Waals surface area (Å²) in [4.78, 5) is 27.7. The SMILES string of the molecule is CSCC[C@@H](CSc1ccccc1)NC(=O)N[C@H](CSc1ccccc1)CC(=O)OC(C)(C)C. The Morgan fingerprint density at radius 2 is 1.35 bits per heavy atom. The van der Waals surface area contributed by atoms with Gasteiger partial charge in [-0.15, -0.1) is 23.5 Å². The number of hydrogen-bond donors (Lipinski definition) is 2. The average molecular weight is 521 g/mol. The molecule has 2 rings (SSSR count). The first-order valence-corrected chi connectivity index (χ1v) is 14.7. The van der Waals surface area contributed by atoms with Crippen LogP contribution < -0.4 is 10.6 Å². The first-order valence-electron chi connectivity index (χ1n) is 11.4. The Morgan fingerprint density at radius 3 is 1.85 bits per heavy atom. The second kappa shape index (κ2) is 15.3. The molecule has 0 bridgehead atoms. The third-order valence-corrected chi connectivity index (χ3v) is 7.56. The van der Waals surface area contributed by atoms with E-state index in [1.165, 1.54) is 4.90 Å². The van der Waals surface area contributed by atoms with E-state index >= 15 is 0 Å². The van der Waals surface area contributed by atoms with E-state index in [1.807, 2.05) is 69.3 Å². The standard InChI is InChI=1S/C26H36N2O3S3/c1-26(2,3)31-24(29)17-21(19-34-23-13-9-6-10-14-23)28-25(30)27-20(15-16-32-4)18-33-22-11-7-5-8-12-22/h5-14,20-21H,15-19H2,1-4H3,(H2,27,28,30)/t20-,21-/m0/s1. The number of urea groups is 1. The van der Waals surface area contributed by atoms with Crippen LogP contribution in [0, 0.1) is 0 Å². The summed E-state index contributed by atoms with van der Waals surface area (Å²) < 4.78 is 5.50. The van der Waals surface area contributed by atoms with E-state index in [9.17, 15) is 9.59 Å². The lowest BCUT2D eigenvalue weighted by molar-refractivity contribution is -0.155. The van der Waals surface area contributed by atoms with Crippen LogP contribution in [0.1, 0.15) is 33.6 Å². The van der Waals surface area contributed by atoms with Crippen molar-refractivity contribution in [2.45, 2.75) is 61.1 Å². The minimum Gasteiger partial charge on any atom is -0.460 e. The van der Waals surface area contributed by atoms with Crippen molar-refractivity contribution in [3.8, 4) is 0 Å². The van der Waals surface area contributed by atoms with Gasteiger partial charge in [0.15, 0.2) is 0 Å². The summed E-state index contributed by atoms with van der Waals surface area (Å²) >= 11 is 5.11. The summed E-state index contributed by atoms with van der Waals surface area (Å²) in [7, 11) is 0. The number of ether oxygens (including phenoxy) is 1. The van der Waals surface area contributed by atoms with E-state index in [2.05, 4.69) is 29.0 Å². The topological polar surface area (TPSA) is 67.4 Å². The molecule has 2 aromatic rings. The first-order chi connectivity index (χ1) is 16.2. The van der Waals surface area contributed by atoms with Gasteiger partial charge in [-0.2, -0.15) is 11.8 Å². The zero-order valence-electron chi connectivity index (χ0n) is 20.4. The molecule has 0 aliphatic heterocycles. The van der Waals surface area contributed by atoms with Crippen LogP contribution in [0.2, 0.25) is 0 Å². The highest BCUT2D eigenvalue weighted by Crippen LogP contribution is 2.21. The molecule has 8 heteroatoms. The van der Waals surface area contributed by atoms with Crippen molar-refractivity contribution in [2.24, 2.45) is 0 Å². The van der Waals surface area contributed by atoms with Gasteiger partial charge in [-0.05, 0) is 63.5 Å². The lowest BCUT2D eigenvalue weighted by Gasteiger charge is -2.24. The zero-order chi connectivity index (χ0) is 24.8. The minimum absolute atomic E-state index is 0.0293. The van der Waals surface area contributed by atoms with Crippen LogP contribution in [0.15, 0.2) is 70.5 Å². The van der Waals surface area contributed by atoms with Gasteiger partial charge in [-0.1, -0.05) is 36.4 Å². The van der Waals surface area contributed by atoms with E-state index in [0.717, 1.165) is 22.8 Å².